The Morgan fingerprint density at radius 3 is 2.27 bits per heavy atom. The van der Waals surface area contributed by atoms with Gasteiger partial charge in [-0.3, -0.25) is 4.79 Å². The number of nitrogens with two attached hydrogens (primary N) is 2. The fourth-order valence-corrected chi connectivity index (χ4v) is 5.71. The summed E-state index contributed by atoms with van der Waals surface area (Å²) in [5.74, 6) is -0.485. The normalized spacial score (nSPS) is 15.2. The van der Waals surface area contributed by atoms with E-state index in [1.807, 2.05) is 56.3 Å². The van der Waals surface area contributed by atoms with E-state index in [0.29, 0.717) is 48.5 Å². The molecule has 1 radical (unpaired) electrons. The third-order valence-corrected chi connectivity index (χ3v) is 8.26. The topological polar surface area (TPSA) is 105 Å². The van der Waals surface area contributed by atoms with Crippen LogP contribution in [-0.2, 0) is 42.4 Å². The van der Waals surface area contributed by atoms with E-state index in [0.717, 1.165) is 11.1 Å². The molecule has 243 valence electrons. The molecule has 1 aliphatic carbocycles. The van der Waals surface area contributed by atoms with Crippen LogP contribution in [0.5, 0.6) is 5.75 Å². The van der Waals surface area contributed by atoms with Crippen molar-refractivity contribution < 1.29 is 51.7 Å². The van der Waals surface area contributed by atoms with Crippen molar-refractivity contribution in [3.63, 3.8) is 0 Å². The number of nitrogens with zero attached hydrogens (tertiary/aromatic N) is 2. The van der Waals surface area contributed by atoms with Crippen molar-refractivity contribution in [2.45, 2.75) is 64.8 Å². The summed E-state index contributed by atoms with van der Waals surface area (Å²) in [6.07, 6.45) is 6.66. The Labute approximate surface area is 298 Å². The fourth-order valence-electron chi connectivity index (χ4n) is 5.49. The number of carbonyl (C=O) groups excluding carboxylic acids is 1. The van der Waals surface area contributed by atoms with E-state index in [-0.39, 0.29) is 61.8 Å². The van der Waals surface area contributed by atoms with Gasteiger partial charge in [0, 0.05) is 87.4 Å². The summed E-state index contributed by atoms with van der Waals surface area (Å²) in [7, 11) is 1.31. The van der Waals surface area contributed by atoms with Crippen LogP contribution in [0.3, 0.4) is 0 Å². The molecule has 1 aliphatic heterocycles. The van der Waals surface area contributed by atoms with Gasteiger partial charge in [-0.15, -0.1) is 12.2 Å². The second-order valence-corrected chi connectivity index (χ2v) is 11.4. The Balaban J connectivity index is 0.000000614. The minimum Gasteiger partial charge on any atom is -0.683 e. The first-order valence-corrected chi connectivity index (χ1v) is 16.0. The molecule has 1 atom stereocenters. The van der Waals surface area contributed by atoms with Gasteiger partial charge in [0.15, 0.2) is 5.82 Å². The molecule has 0 aromatic heterocycles. The minimum absolute atomic E-state index is 0. The standard InChI is InChI=1S/C27H28ClFN3O3.C6H13N.C2H6.Y/c1-17(33)32-15-18(16-32)14-31-24-10-11-25(35-34-2)27(29)26(24)21-12-20(8-9-23(21)28)22(13-30)19-6-4-3-5-7-19;7-6-4-2-1-3-5-6;1-2;/h3-12,18,22H,13-16,30H2,1-2H3;6H,1-5,7H2;1-2H3;/q-1;;;. The molecular formula is C35H47ClFN4O3Y-. The van der Waals surface area contributed by atoms with Crippen molar-refractivity contribution >= 4 is 23.2 Å². The second-order valence-electron chi connectivity index (χ2n) is 11.0. The molecule has 2 aliphatic rings. The molecule has 1 saturated heterocycles. The largest absolute Gasteiger partial charge is 0.683 e. The van der Waals surface area contributed by atoms with E-state index in [1.54, 1.807) is 24.0 Å². The molecule has 4 N–H and O–H groups in total. The van der Waals surface area contributed by atoms with E-state index in [4.69, 9.17) is 38.2 Å². The number of halogens is 2. The molecule has 5 rings (SSSR count). The van der Waals surface area contributed by atoms with Crippen LogP contribution in [0.4, 0.5) is 10.1 Å². The van der Waals surface area contributed by atoms with Crippen molar-refractivity contribution in [1.82, 2.24) is 4.90 Å². The average Bonchev–Trinajstić information content (AvgIpc) is 3.01. The number of hydrogen-bond donors (Lipinski definition) is 2. The molecule has 0 bridgehead atoms. The Bertz CT molecular complexity index is 1320. The van der Waals surface area contributed by atoms with Crippen molar-refractivity contribution in [3.05, 3.63) is 87.9 Å². The molecule has 45 heavy (non-hydrogen) atoms. The quantitative estimate of drug-likeness (QED) is 0.173. The second kappa shape index (κ2) is 20.2. The van der Waals surface area contributed by atoms with Crippen molar-refractivity contribution in [2.24, 2.45) is 17.4 Å². The smallest absolute Gasteiger partial charge is 0.219 e. The molecule has 3 aromatic rings. The third kappa shape index (κ3) is 11.0. The molecule has 1 unspecified atom stereocenters. The van der Waals surface area contributed by atoms with E-state index in [2.05, 4.69) is 0 Å². The first kappa shape index (κ1) is 39.1. The number of likely N-dealkylation sites (tertiary alicyclic amines) is 1. The van der Waals surface area contributed by atoms with Crippen molar-refractivity contribution in [3.8, 4) is 16.9 Å². The van der Waals surface area contributed by atoms with Gasteiger partial charge in [-0.25, -0.2) is 4.39 Å². The predicted molar refractivity (Wildman–Crippen MR) is 178 cm³/mol. The van der Waals surface area contributed by atoms with E-state index >= 15 is 4.39 Å². The SMILES string of the molecule is CC.COOc1ccc([N-]CC2CN(C(C)=O)C2)c(-c2cc(C(CN)c3ccccc3)ccc2Cl)c1F.NC1CCCCC1.[Y]. The molecule has 0 spiro atoms. The van der Waals surface area contributed by atoms with Crippen molar-refractivity contribution in [1.29, 1.82) is 0 Å². The van der Waals surface area contributed by atoms with Gasteiger partial charge in [0.1, 0.15) is 0 Å². The van der Waals surface area contributed by atoms with Crippen LogP contribution in [0.25, 0.3) is 16.4 Å². The van der Waals surface area contributed by atoms with Gasteiger partial charge in [-0.2, -0.15) is 4.89 Å². The zero-order chi connectivity index (χ0) is 32.1. The first-order valence-electron chi connectivity index (χ1n) is 15.6. The maximum Gasteiger partial charge on any atom is 0.219 e. The number of amides is 1. The summed E-state index contributed by atoms with van der Waals surface area (Å²) in [5.41, 5.74) is 14.9. The Morgan fingerprint density at radius 1 is 1.04 bits per heavy atom. The van der Waals surface area contributed by atoms with E-state index in [1.165, 1.54) is 45.3 Å². The summed E-state index contributed by atoms with van der Waals surface area (Å²) in [5, 5.41) is 5.08. The van der Waals surface area contributed by atoms with Gasteiger partial charge in [-0.05, 0) is 48.1 Å². The summed E-state index contributed by atoms with van der Waals surface area (Å²) in [6, 6.07) is 19.1. The number of hydrogen-bond acceptors (Lipinski definition) is 5. The maximum absolute atomic E-state index is 15.7. The summed E-state index contributed by atoms with van der Waals surface area (Å²) >= 11 is 6.60. The van der Waals surface area contributed by atoms with Crippen LogP contribution < -0.4 is 16.4 Å². The predicted octanol–water partition coefficient (Wildman–Crippen LogP) is 7.96. The van der Waals surface area contributed by atoms with Gasteiger partial charge in [-0.1, -0.05) is 87.2 Å². The Kier molecular flexibility index (Phi) is 17.6. The number of rotatable bonds is 9. The Morgan fingerprint density at radius 2 is 1.71 bits per heavy atom. The summed E-state index contributed by atoms with van der Waals surface area (Å²) < 4.78 is 15.7. The molecule has 1 heterocycles. The summed E-state index contributed by atoms with van der Waals surface area (Å²) in [4.78, 5) is 23.0. The molecular weight excluding hydrogens is 668 g/mol. The third-order valence-electron chi connectivity index (χ3n) is 7.93. The van der Waals surface area contributed by atoms with Gasteiger partial charge in [0.25, 0.3) is 0 Å². The fraction of sp³-hybridized carbons (Fsp3) is 0.457. The van der Waals surface area contributed by atoms with Crippen LogP contribution >= 0.6 is 11.6 Å². The van der Waals surface area contributed by atoms with Crippen LogP contribution in [0, 0.1) is 11.7 Å². The molecule has 10 heteroatoms. The molecule has 3 aromatic carbocycles. The van der Waals surface area contributed by atoms with Crippen LogP contribution in [0.2, 0.25) is 5.02 Å². The molecule has 1 saturated carbocycles. The van der Waals surface area contributed by atoms with Crippen molar-refractivity contribution in [2.75, 3.05) is 33.3 Å². The number of carbonyl (C=O) groups is 1. The van der Waals surface area contributed by atoms with Gasteiger partial charge in [0.05, 0.1) is 7.11 Å². The molecule has 2 fully saturated rings. The zero-order valence-electron chi connectivity index (χ0n) is 27.0. The number of benzene rings is 3. The Hall–Kier alpha value is -2.07. The zero-order valence-corrected chi connectivity index (χ0v) is 30.6. The summed E-state index contributed by atoms with van der Waals surface area (Å²) in [6.45, 7) is 7.69. The molecule has 1 amide bonds. The van der Waals surface area contributed by atoms with Crippen LogP contribution in [0.1, 0.15) is 69.9 Å². The van der Waals surface area contributed by atoms with E-state index < -0.39 is 5.82 Å². The van der Waals surface area contributed by atoms with Gasteiger partial charge in [0.2, 0.25) is 11.7 Å². The van der Waals surface area contributed by atoms with E-state index in [9.17, 15) is 4.79 Å². The van der Waals surface area contributed by atoms with Crippen LogP contribution in [-0.4, -0.2) is 50.1 Å². The van der Waals surface area contributed by atoms with Crippen LogP contribution in [0.15, 0.2) is 60.7 Å². The monoisotopic (exact) mass is 714 g/mol. The first-order chi connectivity index (χ1) is 21.3. The molecule has 7 nitrogen and oxygen atoms in total. The maximum atomic E-state index is 15.7. The van der Waals surface area contributed by atoms with Gasteiger partial charge >= 0.3 is 0 Å². The average molecular weight is 715 g/mol. The van der Waals surface area contributed by atoms with Gasteiger partial charge < -0.3 is 26.6 Å². The minimum atomic E-state index is -0.616.